The first-order valence-corrected chi connectivity index (χ1v) is 10.3. The van der Waals surface area contributed by atoms with Crippen molar-refractivity contribution >= 4 is 5.91 Å². The van der Waals surface area contributed by atoms with Gasteiger partial charge in [-0.1, -0.05) is 6.07 Å². The summed E-state index contributed by atoms with van der Waals surface area (Å²) < 4.78 is 17.1. The van der Waals surface area contributed by atoms with Gasteiger partial charge in [-0.25, -0.2) is 9.37 Å². The molecule has 2 bridgehead atoms. The first kappa shape index (κ1) is 18.5. The monoisotopic (exact) mass is 399 g/mol. The van der Waals surface area contributed by atoms with Crippen molar-refractivity contribution in [1.29, 1.82) is 0 Å². The Morgan fingerprint density at radius 2 is 2.10 bits per heavy atom. The maximum absolute atomic E-state index is 13.5. The lowest BCUT2D eigenvalue weighted by Gasteiger charge is -2.42. The molecule has 2 aromatic heterocycles. The van der Waals surface area contributed by atoms with Crippen LogP contribution in [0, 0.1) is 5.92 Å². The Balaban J connectivity index is 1.37. The predicted octanol–water partition coefficient (Wildman–Crippen LogP) is 1.39. The molecule has 29 heavy (non-hydrogen) atoms. The Labute approximate surface area is 168 Å². The third-order valence-corrected chi connectivity index (χ3v) is 6.50. The molecule has 2 fully saturated rings. The van der Waals surface area contributed by atoms with Crippen molar-refractivity contribution in [3.63, 3.8) is 0 Å². The van der Waals surface area contributed by atoms with Crippen molar-refractivity contribution < 1.29 is 9.18 Å². The summed E-state index contributed by atoms with van der Waals surface area (Å²) in [6, 6.07) is 3.94. The quantitative estimate of drug-likeness (QED) is 0.783. The van der Waals surface area contributed by atoms with E-state index in [4.69, 9.17) is 0 Å². The van der Waals surface area contributed by atoms with Gasteiger partial charge in [-0.15, -0.1) is 0 Å². The van der Waals surface area contributed by atoms with E-state index in [2.05, 4.69) is 4.98 Å². The minimum absolute atomic E-state index is 0.0393. The van der Waals surface area contributed by atoms with E-state index in [-0.39, 0.29) is 23.3 Å². The van der Waals surface area contributed by atoms with Crippen molar-refractivity contribution in [2.45, 2.75) is 38.0 Å². The SMILES string of the molecule is Cn1cnc(C(=O)N2C[C@@H]3C[C@H](C2)c2ccc(CN4CC[C@@H](F)C4)c(=O)n2C3)c1. The van der Waals surface area contributed by atoms with E-state index in [0.717, 1.165) is 17.7 Å². The standard InChI is InChI=1S/C21H26FN5O2/c1-24-12-18(23-13-24)21(29)26-7-14-6-16(10-26)19-3-2-15(20(28)27(19)8-14)9-25-5-4-17(22)11-25/h2-3,12-14,16-17H,4-11H2,1H3/t14-,16+,17+/m0/s1. The molecule has 7 nitrogen and oxygen atoms in total. The maximum Gasteiger partial charge on any atom is 0.274 e. The van der Waals surface area contributed by atoms with Gasteiger partial charge in [0.15, 0.2) is 0 Å². The molecular weight excluding hydrogens is 373 g/mol. The largest absolute Gasteiger partial charge is 0.340 e. The summed E-state index contributed by atoms with van der Waals surface area (Å²) in [4.78, 5) is 34.0. The maximum atomic E-state index is 13.5. The number of amides is 1. The van der Waals surface area contributed by atoms with E-state index in [0.29, 0.717) is 51.4 Å². The van der Waals surface area contributed by atoms with Gasteiger partial charge in [-0.05, 0) is 24.8 Å². The van der Waals surface area contributed by atoms with Crippen molar-refractivity contribution in [3.05, 3.63) is 52.0 Å². The van der Waals surface area contributed by atoms with Gasteiger partial charge >= 0.3 is 0 Å². The summed E-state index contributed by atoms with van der Waals surface area (Å²) in [5, 5.41) is 0. The number of aromatic nitrogens is 3. The lowest BCUT2D eigenvalue weighted by Crippen LogP contribution is -2.49. The van der Waals surface area contributed by atoms with Gasteiger partial charge in [-0.2, -0.15) is 0 Å². The van der Waals surface area contributed by atoms with Crippen LogP contribution in [-0.4, -0.2) is 62.2 Å². The third kappa shape index (κ3) is 3.39. The molecule has 0 unspecified atom stereocenters. The second kappa shape index (κ2) is 7.09. The van der Waals surface area contributed by atoms with Crippen molar-refractivity contribution in [3.8, 4) is 0 Å². The average molecular weight is 399 g/mol. The Bertz CT molecular complexity index is 999. The number of halogens is 1. The number of nitrogens with zero attached hydrogens (tertiary/aromatic N) is 5. The molecule has 5 heterocycles. The van der Waals surface area contributed by atoms with Gasteiger partial charge in [0.2, 0.25) is 0 Å². The molecule has 3 atom stereocenters. The van der Waals surface area contributed by atoms with Gasteiger partial charge in [0.05, 0.1) is 6.33 Å². The fourth-order valence-electron chi connectivity index (χ4n) is 5.13. The van der Waals surface area contributed by atoms with Gasteiger partial charge in [-0.3, -0.25) is 14.5 Å². The Morgan fingerprint density at radius 1 is 1.24 bits per heavy atom. The highest BCUT2D eigenvalue weighted by molar-refractivity contribution is 5.92. The van der Waals surface area contributed by atoms with Crippen LogP contribution < -0.4 is 5.56 Å². The third-order valence-electron chi connectivity index (χ3n) is 6.50. The summed E-state index contributed by atoms with van der Waals surface area (Å²) in [7, 11) is 1.85. The molecule has 2 saturated heterocycles. The number of aryl methyl sites for hydroxylation is 1. The Morgan fingerprint density at radius 3 is 2.83 bits per heavy atom. The van der Waals surface area contributed by atoms with E-state index < -0.39 is 6.17 Å². The van der Waals surface area contributed by atoms with Crippen molar-refractivity contribution in [2.24, 2.45) is 13.0 Å². The summed E-state index contributed by atoms with van der Waals surface area (Å²) >= 11 is 0. The molecular formula is C21H26FN5O2. The number of alkyl halides is 1. The normalized spacial score (nSPS) is 26.6. The number of likely N-dealkylation sites (tertiary alicyclic amines) is 2. The van der Waals surface area contributed by atoms with Gasteiger partial charge in [0.1, 0.15) is 11.9 Å². The zero-order chi connectivity index (χ0) is 20.1. The molecule has 3 aliphatic rings. The fourth-order valence-corrected chi connectivity index (χ4v) is 5.13. The molecule has 0 saturated carbocycles. The number of imidazole rings is 1. The molecule has 8 heteroatoms. The highest BCUT2D eigenvalue weighted by Gasteiger charge is 2.37. The van der Waals surface area contributed by atoms with Crippen LogP contribution in [0.5, 0.6) is 0 Å². The van der Waals surface area contributed by atoms with Crippen LogP contribution in [0.25, 0.3) is 0 Å². The first-order chi connectivity index (χ1) is 14.0. The average Bonchev–Trinajstić information content (AvgIpc) is 3.32. The van der Waals surface area contributed by atoms with E-state index >= 15 is 0 Å². The number of carbonyl (C=O) groups excluding carboxylic acids is 1. The topological polar surface area (TPSA) is 63.4 Å². The predicted molar refractivity (Wildman–Crippen MR) is 105 cm³/mol. The summed E-state index contributed by atoms with van der Waals surface area (Å²) in [6.45, 7) is 3.53. The van der Waals surface area contributed by atoms with Crippen LogP contribution >= 0.6 is 0 Å². The molecule has 3 aliphatic heterocycles. The fraction of sp³-hybridized carbons (Fsp3) is 0.571. The number of carbonyl (C=O) groups is 1. The molecule has 5 rings (SSSR count). The highest BCUT2D eigenvalue weighted by atomic mass is 19.1. The number of pyridine rings is 1. The van der Waals surface area contributed by atoms with Gasteiger partial charge in [0.25, 0.3) is 11.5 Å². The summed E-state index contributed by atoms with van der Waals surface area (Å²) in [5.41, 5.74) is 2.27. The number of hydrogen-bond acceptors (Lipinski definition) is 4. The number of rotatable bonds is 3. The van der Waals surface area contributed by atoms with Crippen LogP contribution in [0.4, 0.5) is 4.39 Å². The molecule has 0 aromatic carbocycles. The van der Waals surface area contributed by atoms with Crippen molar-refractivity contribution in [2.75, 3.05) is 26.2 Å². The van der Waals surface area contributed by atoms with E-state index in [9.17, 15) is 14.0 Å². The van der Waals surface area contributed by atoms with E-state index in [1.165, 1.54) is 0 Å². The van der Waals surface area contributed by atoms with Crippen molar-refractivity contribution in [1.82, 2.24) is 23.9 Å². The van der Waals surface area contributed by atoms with Crippen LogP contribution in [-0.2, 0) is 20.1 Å². The number of piperidine rings is 1. The van der Waals surface area contributed by atoms with Gasteiger partial charge in [0, 0.05) is 69.7 Å². The second-order valence-corrected chi connectivity index (χ2v) is 8.75. The van der Waals surface area contributed by atoms with Crippen LogP contribution in [0.3, 0.4) is 0 Å². The lowest BCUT2D eigenvalue weighted by atomic mass is 9.83. The second-order valence-electron chi connectivity index (χ2n) is 8.75. The number of hydrogen-bond donors (Lipinski definition) is 0. The van der Waals surface area contributed by atoms with Crippen LogP contribution in [0.1, 0.15) is 40.5 Å². The molecule has 0 spiro atoms. The smallest absolute Gasteiger partial charge is 0.274 e. The number of fused-ring (bicyclic) bond motifs is 4. The highest BCUT2D eigenvalue weighted by Crippen LogP contribution is 2.35. The molecule has 0 aliphatic carbocycles. The first-order valence-electron chi connectivity index (χ1n) is 10.3. The van der Waals surface area contributed by atoms with E-state index in [1.54, 1.807) is 17.1 Å². The molecule has 154 valence electrons. The van der Waals surface area contributed by atoms with E-state index in [1.807, 2.05) is 33.5 Å². The lowest BCUT2D eigenvalue weighted by molar-refractivity contribution is 0.0588. The minimum atomic E-state index is -0.780. The van der Waals surface area contributed by atoms with Gasteiger partial charge < -0.3 is 14.0 Å². The molecule has 0 radical (unpaired) electrons. The molecule has 1 amide bonds. The summed E-state index contributed by atoms with van der Waals surface area (Å²) in [6.07, 6.45) is 4.16. The zero-order valence-corrected chi connectivity index (χ0v) is 16.6. The Kier molecular flexibility index (Phi) is 4.53. The Hall–Kier alpha value is -2.48. The molecule has 2 aromatic rings. The van der Waals surface area contributed by atoms with Crippen LogP contribution in [0.2, 0.25) is 0 Å². The minimum Gasteiger partial charge on any atom is -0.340 e. The zero-order valence-electron chi connectivity index (χ0n) is 16.6. The molecule has 0 N–H and O–H groups in total. The summed E-state index contributed by atoms with van der Waals surface area (Å²) in [5.74, 6) is 0.394. The van der Waals surface area contributed by atoms with Crippen LogP contribution in [0.15, 0.2) is 29.5 Å².